The molecule has 8 heteroatoms. The van der Waals surface area contributed by atoms with Crippen LogP contribution >= 0.6 is 0 Å². The number of ether oxygens (including phenoxy) is 2. The van der Waals surface area contributed by atoms with Gasteiger partial charge in [-0.3, -0.25) is 4.79 Å². The summed E-state index contributed by atoms with van der Waals surface area (Å²) in [5, 5.41) is 48.4. The molecule has 24 heavy (non-hydrogen) atoms. The molecule has 1 saturated heterocycles. The van der Waals surface area contributed by atoms with Crippen molar-refractivity contribution in [1.82, 2.24) is 0 Å². The SMILES string of the molecule is CC(=O)/C=C/c1ccc(O)c(O[C@@H]2O[C@H](CO)[C@@H](O)[C@H](O)[C@H]2O)c1. The number of hydrogen-bond donors (Lipinski definition) is 5. The molecule has 0 spiro atoms. The standard InChI is InChI=1S/C16H20O8/c1-8(18)2-3-9-4-5-10(19)11(6-9)23-16-15(22)14(21)13(20)12(7-17)24-16/h2-6,12-17,19-22H,7H2,1H3/b3-2+/t12-,13-,14+,15-,16-/m1/s1. The molecule has 0 aliphatic carbocycles. The van der Waals surface area contributed by atoms with Crippen molar-refractivity contribution in [3.8, 4) is 11.5 Å². The van der Waals surface area contributed by atoms with Gasteiger partial charge >= 0.3 is 0 Å². The van der Waals surface area contributed by atoms with E-state index in [1.165, 1.54) is 31.2 Å². The van der Waals surface area contributed by atoms with Crippen LogP contribution < -0.4 is 4.74 Å². The predicted octanol–water partition coefficient (Wildman–Crippen LogP) is -0.827. The molecule has 1 aliphatic rings. The van der Waals surface area contributed by atoms with Crippen molar-refractivity contribution in [3.63, 3.8) is 0 Å². The molecule has 2 rings (SSSR count). The maximum absolute atomic E-state index is 11.0. The van der Waals surface area contributed by atoms with Crippen LogP contribution in [0.3, 0.4) is 0 Å². The summed E-state index contributed by atoms with van der Waals surface area (Å²) in [6, 6.07) is 4.30. The maximum Gasteiger partial charge on any atom is 0.229 e. The van der Waals surface area contributed by atoms with E-state index in [0.717, 1.165) is 0 Å². The lowest BCUT2D eigenvalue weighted by atomic mass is 9.99. The lowest BCUT2D eigenvalue weighted by Gasteiger charge is -2.39. The fourth-order valence-corrected chi connectivity index (χ4v) is 2.23. The molecule has 0 saturated carbocycles. The molecule has 1 aromatic rings. The summed E-state index contributed by atoms with van der Waals surface area (Å²) >= 11 is 0. The summed E-state index contributed by atoms with van der Waals surface area (Å²) in [5.74, 6) is -0.448. The highest BCUT2D eigenvalue weighted by molar-refractivity contribution is 5.91. The van der Waals surface area contributed by atoms with Crippen LogP contribution in [-0.2, 0) is 9.53 Å². The summed E-state index contributed by atoms with van der Waals surface area (Å²) in [4.78, 5) is 11.0. The van der Waals surface area contributed by atoms with E-state index in [9.17, 15) is 25.2 Å². The van der Waals surface area contributed by atoms with Crippen molar-refractivity contribution in [1.29, 1.82) is 0 Å². The molecule has 5 atom stereocenters. The highest BCUT2D eigenvalue weighted by Crippen LogP contribution is 2.31. The Bertz CT molecular complexity index is 612. The topological polar surface area (TPSA) is 137 Å². The third-order valence-electron chi connectivity index (χ3n) is 3.59. The summed E-state index contributed by atoms with van der Waals surface area (Å²) < 4.78 is 10.6. The van der Waals surface area contributed by atoms with Gasteiger partial charge in [-0.15, -0.1) is 0 Å². The van der Waals surface area contributed by atoms with Gasteiger partial charge in [0.2, 0.25) is 6.29 Å². The van der Waals surface area contributed by atoms with Crippen molar-refractivity contribution >= 4 is 11.9 Å². The van der Waals surface area contributed by atoms with E-state index in [1.807, 2.05) is 0 Å². The Morgan fingerprint density at radius 1 is 1.25 bits per heavy atom. The second-order valence-electron chi connectivity index (χ2n) is 5.49. The van der Waals surface area contributed by atoms with Crippen LogP contribution in [0.25, 0.3) is 6.08 Å². The molecule has 132 valence electrons. The number of hydrogen-bond acceptors (Lipinski definition) is 8. The van der Waals surface area contributed by atoms with Crippen LogP contribution in [0.15, 0.2) is 24.3 Å². The summed E-state index contributed by atoms with van der Waals surface area (Å²) in [6.45, 7) is 0.806. The van der Waals surface area contributed by atoms with Gasteiger partial charge in [-0.2, -0.15) is 0 Å². The first kappa shape index (κ1) is 18.4. The van der Waals surface area contributed by atoms with Crippen molar-refractivity contribution in [2.24, 2.45) is 0 Å². The molecule has 1 aliphatic heterocycles. The van der Waals surface area contributed by atoms with Crippen LogP contribution in [0.2, 0.25) is 0 Å². The zero-order chi connectivity index (χ0) is 17.9. The monoisotopic (exact) mass is 340 g/mol. The summed E-state index contributed by atoms with van der Waals surface area (Å²) in [5.41, 5.74) is 0.558. The minimum atomic E-state index is -1.58. The molecular weight excluding hydrogens is 320 g/mol. The largest absolute Gasteiger partial charge is 0.504 e. The first-order valence-corrected chi connectivity index (χ1v) is 7.32. The third kappa shape index (κ3) is 4.11. The van der Waals surface area contributed by atoms with Crippen molar-refractivity contribution < 1.29 is 39.8 Å². The van der Waals surface area contributed by atoms with Gasteiger partial charge in [0.15, 0.2) is 17.3 Å². The van der Waals surface area contributed by atoms with Crippen LogP contribution in [0, 0.1) is 0 Å². The van der Waals surface area contributed by atoms with Crippen LogP contribution in [0.1, 0.15) is 12.5 Å². The zero-order valence-electron chi connectivity index (χ0n) is 12.9. The van der Waals surface area contributed by atoms with Gasteiger partial charge in [-0.05, 0) is 30.7 Å². The Hall–Kier alpha value is -1.97. The second kappa shape index (κ2) is 7.73. The molecule has 0 unspecified atom stereocenters. The molecule has 0 bridgehead atoms. The highest BCUT2D eigenvalue weighted by Gasteiger charge is 2.44. The first-order chi connectivity index (χ1) is 11.3. The van der Waals surface area contributed by atoms with E-state index in [1.54, 1.807) is 6.07 Å². The Labute approximate surface area is 138 Å². The van der Waals surface area contributed by atoms with Gasteiger partial charge in [0.25, 0.3) is 0 Å². The lowest BCUT2D eigenvalue weighted by molar-refractivity contribution is -0.277. The molecule has 1 aromatic carbocycles. The molecule has 8 nitrogen and oxygen atoms in total. The number of benzene rings is 1. The average molecular weight is 340 g/mol. The first-order valence-electron chi connectivity index (χ1n) is 7.32. The van der Waals surface area contributed by atoms with E-state index in [4.69, 9.17) is 14.6 Å². The Morgan fingerprint density at radius 3 is 2.58 bits per heavy atom. The van der Waals surface area contributed by atoms with Gasteiger partial charge in [0.05, 0.1) is 6.61 Å². The van der Waals surface area contributed by atoms with E-state index >= 15 is 0 Å². The van der Waals surface area contributed by atoms with Gasteiger partial charge in [0, 0.05) is 0 Å². The van der Waals surface area contributed by atoms with E-state index in [0.29, 0.717) is 5.56 Å². The fraction of sp³-hybridized carbons (Fsp3) is 0.438. The number of aliphatic hydroxyl groups excluding tert-OH is 4. The number of phenols is 1. The van der Waals surface area contributed by atoms with Crippen LogP contribution in [0.5, 0.6) is 11.5 Å². The molecule has 1 heterocycles. The van der Waals surface area contributed by atoms with E-state index < -0.39 is 37.3 Å². The minimum absolute atomic E-state index is 0.0509. The number of allylic oxidation sites excluding steroid dienone is 1. The normalized spacial score (nSPS) is 30.5. The van der Waals surface area contributed by atoms with Crippen molar-refractivity contribution in [2.45, 2.75) is 37.6 Å². The number of aliphatic hydroxyl groups is 4. The van der Waals surface area contributed by atoms with Crippen molar-refractivity contribution in [2.75, 3.05) is 6.61 Å². The van der Waals surface area contributed by atoms with Crippen LogP contribution in [0.4, 0.5) is 0 Å². The Kier molecular flexibility index (Phi) is 5.92. The molecule has 1 fully saturated rings. The number of carbonyl (C=O) groups excluding carboxylic acids is 1. The number of ketones is 1. The van der Waals surface area contributed by atoms with Gasteiger partial charge in [-0.25, -0.2) is 0 Å². The van der Waals surface area contributed by atoms with E-state index in [2.05, 4.69) is 0 Å². The number of carbonyl (C=O) groups is 1. The smallest absolute Gasteiger partial charge is 0.229 e. The molecule has 5 N–H and O–H groups in total. The molecular formula is C16H20O8. The molecule has 0 aromatic heterocycles. The minimum Gasteiger partial charge on any atom is -0.504 e. The van der Waals surface area contributed by atoms with Gasteiger partial charge in [-0.1, -0.05) is 12.1 Å². The third-order valence-corrected chi connectivity index (χ3v) is 3.59. The van der Waals surface area contributed by atoms with Crippen molar-refractivity contribution in [3.05, 3.63) is 29.8 Å². The number of aromatic hydroxyl groups is 1. The van der Waals surface area contributed by atoms with Gasteiger partial charge in [0.1, 0.15) is 24.4 Å². The van der Waals surface area contributed by atoms with Gasteiger partial charge < -0.3 is 35.0 Å². The Balaban J connectivity index is 2.20. The zero-order valence-corrected chi connectivity index (χ0v) is 12.9. The number of rotatable bonds is 5. The number of phenolic OH excluding ortho intramolecular Hbond substituents is 1. The highest BCUT2D eigenvalue weighted by atomic mass is 16.7. The second-order valence-corrected chi connectivity index (χ2v) is 5.49. The lowest BCUT2D eigenvalue weighted by Crippen LogP contribution is -2.60. The van der Waals surface area contributed by atoms with Crippen LogP contribution in [-0.4, -0.2) is 68.6 Å². The molecule has 0 radical (unpaired) electrons. The molecule has 0 amide bonds. The summed E-state index contributed by atoms with van der Waals surface area (Å²) in [6.07, 6.45) is -4.33. The van der Waals surface area contributed by atoms with E-state index in [-0.39, 0.29) is 17.3 Å². The fourth-order valence-electron chi connectivity index (χ4n) is 2.23. The predicted molar refractivity (Wildman–Crippen MR) is 82.2 cm³/mol. The average Bonchev–Trinajstić information content (AvgIpc) is 2.55. The summed E-state index contributed by atoms with van der Waals surface area (Å²) in [7, 11) is 0. The Morgan fingerprint density at radius 2 is 1.96 bits per heavy atom. The maximum atomic E-state index is 11.0. The quantitative estimate of drug-likeness (QED) is 0.438.